The van der Waals surface area contributed by atoms with E-state index in [9.17, 15) is 0 Å². The normalized spacial score (nSPS) is 8.17. The van der Waals surface area contributed by atoms with E-state index in [1.807, 2.05) is 0 Å². The fraction of sp³-hybridized carbons (Fsp3) is 0.200. The summed E-state index contributed by atoms with van der Waals surface area (Å²) in [7, 11) is 2.96. The third kappa shape index (κ3) is 1.93. The van der Waals surface area contributed by atoms with Gasteiger partial charge < -0.3 is 9.47 Å². The van der Waals surface area contributed by atoms with Crippen LogP contribution in [0, 0.1) is 12.2 Å². The van der Waals surface area contributed by atoms with Gasteiger partial charge in [0.25, 0.3) is 0 Å². The largest absolute Gasteiger partial charge is 0.448 e. The molecular weight excluding hydrogens is 152 g/mol. The minimum Gasteiger partial charge on any atom is -0.448 e. The maximum absolute atomic E-state index is 4.30. The van der Waals surface area contributed by atoms with E-state index in [1.165, 1.54) is 25.3 Å². The number of rotatable bonds is 0. The molecule has 2 heteroatoms. The van der Waals surface area contributed by atoms with Crippen LogP contribution in [0.2, 0.25) is 0 Å². The van der Waals surface area contributed by atoms with Crippen molar-refractivity contribution in [3.8, 4) is 23.3 Å². The van der Waals surface area contributed by atoms with Crippen LogP contribution in [-0.4, -0.2) is 14.2 Å². The fourth-order valence-corrected chi connectivity index (χ4v) is 0.746. The first-order chi connectivity index (χ1) is 5.88. The molecule has 0 N–H and O–H groups in total. The summed E-state index contributed by atoms with van der Waals surface area (Å²) in [5, 5.41) is 0. The molecule has 0 saturated heterocycles. The van der Waals surface area contributed by atoms with Crippen molar-refractivity contribution in [2.75, 3.05) is 14.2 Å². The van der Waals surface area contributed by atoms with Crippen LogP contribution in [0.5, 0.6) is 0 Å². The van der Waals surface area contributed by atoms with Crippen molar-refractivity contribution in [3.63, 3.8) is 0 Å². The quantitative estimate of drug-likeness (QED) is 0.550. The molecule has 2 aliphatic carbocycles. The molecule has 0 spiro atoms. The Morgan fingerprint density at radius 3 is 1.25 bits per heavy atom. The van der Waals surface area contributed by atoms with Crippen LogP contribution in [-0.2, 0) is 9.47 Å². The molecule has 62 valence electrons. The molecule has 0 heterocycles. The molecule has 0 amide bonds. The second kappa shape index (κ2) is 4.30. The second-order valence-electron chi connectivity index (χ2n) is 2.19. The van der Waals surface area contributed by atoms with Crippen LogP contribution in [0.15, 0.2) is 24.3 Å². The molecule has 2 rings (SSSR count). The molecule has 0 aliphatic heterocycles. The van der Waals surface area contributed by atoms with E-state index in [0.29, 0.717) is 0 Å². The van der Waals surface area contributed by atoms with Crippen LogP contribution in [0.1, 0.15) is 0 Å². The van der Waals surface area contributed by atoms with Gasteiger partial charge in [-0.2, -0.15) is 0 Å². The van der Waals surface area contributed by atoms with Crippen LogP contribution in [0.25, 0.3) is 11.1 Å². The third-order valence-corrected chi connectivity index (χ3v) is 1.46. The lowest BCUT2D eigenvalue weighted by Crippen LogP contribution is -1.85. The Kier molecular flexibility index (Phi) is 3.04. The summed E-state index contributed by atoms with van der Waals surface area (Å²) in [6, 6.07) is 8.48. The highest BCUT2D eigenvalue weighted by atomic mass is 16.5. The van der Waals surface area contributed by atoms with Crippen molar-refractivity contribution in [1.82, 2.24) is 0 Å². The lowest BCUT2D eigenvalue weighted by atomic mass is 9.95. The number of ether oxygens (including phenoxy) is 2. The van der Waals surface area contributed by atoms with Crippen molar-refractivity contribution in [1.29, 1.82) is 0 Å². The van der Waals surface area contributed by atoms with Crippen LogP contribution in [0.4, 0.5) is 0 Å². The first-order valence-electron chi connectivity index (χ1n) is 3.55. The minimum absolute atomic E-state index is 1.43. The minimum atomic E-state index is 1.43. The van der Waals surface area contributed by atoms with E-state index in [1.54, 1.807) is 0 Å². The monoisotopic (exact) mass is 162 g/mol. The molecule has 0 saturated carbocycles. The van der Waals surface area contributed by atoms with E-state index in [4.69, 9.17) is 0 Å². The lowest BCUT2D eigenvalue weighted by molar-refractivity contribution is 0.336. The van der Waals surface area contributed by atoms with Gasteiger partial charge in [-0.3, -0.25) is 0 Å². The Morgan fingerprint density at radius 2 is 1.17 bits per heavy atom. The molecule has 0 bridgehead atoms. The highest BCUT2D eigenvalue weighted by Gasteiger charge is 2.03. The lowest BCUT2D eigenvalue weighted by Gasteiger charge is -2.10. The van der Waals surface area contributed by atoms with E-state index in [0.717, 1.165) is 0 Å². The molecule has 0 aromatic heterocycles. The number of hydrogen-bond donors (Lipinski definition) is 0. The predicted octanol–water partition coefficient (Wildman–Crippen LogP) is 1.86. The summed E-state index contributed by atoms with van der Waals surface area (Å²) < 4.78 is 8.59. The zero-order chi connectivity index (χ0) is 8.81. The first-order valence-corrected chi connectivity index (χ1v) is 3.55. The maximum Gasteiger partial charge on any atom is 0.154 e. The van der Waals surface area contributed by atoms with E-state index in [2.05, 4.69) is 46.0 Å². The summed E-state index contributed by atoms with van der Waals surface area (Å²) in [5.41, 5.74) is 2.85. The van der Waals surface area contributed by atoms with E-state index >= 15 is 0 Å². The molecule has 2 nitrogen and oxygen atoms in total. The van der Waals surface area contributed by atoms with Gasteiger partial charge in [-0.05, 0) is 11.1 Å². The van der Waals surface area contributed by atoms with Crippen LogP contribution in [0.3, 0.4) is 0 Å². The Hall–Kier alpha value is -1.62. The summed E-state index contributed by atoms with van der Waals surface area (Å²) in [6.07, 6.45) is 4.45. The molecule has 2 aliphatic rings. The van der Waals surface area contributed by atoms with Gasteiger partial charge in [-0.25, -0.2) is 0 Å². The fourth-order valence-electron chi connectivity index (χ4n) is 0.746. The highest BCUT2D eigenvalue weighted by molar-refractivity contribution is 5.75. The van der Waals surface area contributed by atoms with Crippen molar-refractivity contribution in [2.24, 2.45) is 0 Å². The van der Waals surface area contributed by atoms with Crippen LogP contribution < -0.4 is 0 Å². The van der Waals surface area contributed by atoms with Crippen molar-refractivity contribution < 1.29 is 9.47 Å². The van der Waals surface area contributed by atoms with Crippen molar-refractivity contribution in [2.45, 2.75) is 0 Å². The summed E-state index contributed by atoms with van der Waals surface area (Å²) in [6.45, 7) is 0. The predicted molar refractivity (Wildman–Crippen MR) is 47.2 cm³/mol. The SMILES string of the molecule is COC#COC.c1cc2ccc1-2. The van der Waals surface area contributed by atoms with Gasteiger partial charge in [0.2, 0.25) is 0 Å². The zero-order valence-corrected chi connectivity index (χ0v) is 7.13. The van der Waals surface area contributed by atoms with Crippen molar-refractivity contribution in [3.05, 3.63) is 24.3 Å². The first kappa shape index (κ1) is 8.48. The number of hydrogen-bond acceptors (Lipinski definition) is 2. The molecule has 0 aromatic rings. The maximum atomic E-state index is 4.30. The van der Waals surface area contributed by atoms with Gasteiger partial charge in [0.15, 0.2) is 12.2 Å². The van der Waals surface area contributed by atoms with Crippen molar-refractivity contribution >= 4 is 0 Å². The molecule has 0 atom stereocenters. The summed E-state index contributed by atoms with van der Waals surface area (Å²) in [5.74, 6) is 0. The topological polar surface area (TPSA) is 18.5 Å². The summed E-state index contributed by atoms with van der Waals surface area (Å²) >= 11 is 0. The number of benzene rings is 1. The standard InChI is InChI=1S/C6H4.C4H6O2/c1-2-6-4-3-5(1)6;1-5-3-4-6-2/h1-4H;1-2H3. The average molecular weight is 162 g/mol. The summed E-state index contributed by atoms with van der Waals surface area (Å²) in [4.78, 5) is 0. The molecular formula is C10H10O2. The number of fused-ring (bicyclic) bond motifs is 1. The molecule has 0 fully saturated rings. The Labute approximate surface area is 72.1 Å². The van der Waals surface area contributed by atoms with Gasteiger partial charge in [-0.15, -0.1) is 0 Å². The second-order valence-corrected chi connectivity index (χ2v) is 2.19. The van der Waals surface area contributed by atoms with Gasteiger partial charge in [0, 0.05) is 0 Å². The van der Waals surface area contributed by atoms with Gasteiger partial charge >= 0.3 is 0 Å². The third-order valence-electron chi connectivity index (χ3n) is 1.46. The Bertz CT molecular complexity index is 261. The molecule has 0 radical (unpaired) electrons. The number of methoxy groups -OCH3 is 2. The molecule has 12 heavy (non-hydrogen) atoms. The van der Waals surface area contributed by atoms with Gasteiger partial charge in [-0.1, -0.05) is 24.3 Å². The average Bonchev–Trinajstić information content (AvgIpc) is 2.09. The smallest absolute Gasteiger partial charge is 0.154 e. The van der Waals surface area contributed by atoms with E-state index < -0.39 is 0 Å². The molecule has 0 unspecified atom stereocenters. The van der Waals surface area contributed by atoms with Crippen LogP contribution >= 0.6 is 0 Å². The zero-order valence-electron chi connectivity index (χ0n) is 7.13. The Morgan fingerprint density at radius 1 is 0.833 bits per heavy atom. The van der Waals surface area contributed by atoms with Gasteiger partial charge in [0.1, 0.15) is 0 Å². The van der Waals surface area contributed by atoms with E-state index in [-0.39, 0.29) is 0 Å². The van der Waals surface area contributed by atoms with Gasteiger partial charge in [0.05, 0.1) is 14.2 Å². The highest BCUT2D eigenvalue weighted by Crippen LogP contribution is 2.29. The molecule has 0 aromatic carbocycles. The Balaban J connectivity index is 0.000000120.